The molecule has 4 rings (SSSR count). The molecule has 2 aromatic carbocycles. The molecule has 5 heteroatoms. The number of fused-ring (bicyclic) bond motifs is 2. The van der Waals surface area contributed by atoms with Gasteiger partial charge in [-0.25, -0.2) is 0 Å². The number of aromatic nitrogens is 1. The first-order valence-corrected chi connectivity index (χ1v) is 8.50. The minimum Gasteiger partial charge on any atom is -0.308 e. The van der Waals surface area contributed by atoms with Gasteiger partial charge in [-0.05, 0) is 26.0 Å². The zero-order valence-electron chi connectivity index (χ0n) is 14.2. The molecule has 0 radical (unpaired) electrons. The average Bonchev–Trinajstić information content (AvgIpc) is 2.93. The van der Waals surface area contributed by atoms with E-state index in [1.807, 2.05) is 0 Å². The monoisotopic (exact) mass is 363 g/mol. The van der Waals surface area contributed by atoms with E-state index in [2.05, 4.69) is 0 Å². The second-order valence-electron chi connectivity index (χ2n) is 6.23. The van der Waals surface area contributed by atoms with E-state index in [1.54, 1.807) is 60.0 Å². The van der Waals surface area contributed by atoms with Gasteiger partial charge in [0.2, 0.25) is 5.78 Å². The fraction of sp³-hybridized carbons (Fsp3) is 0.0952. The van der Waals surface area contributed by atoms with Crippen molar-refractivity contribution in [2.24, 2.45) is 0 Å². The Hall–Kier alpha value is -2.98. The molecule has 3 aromatic rings. The lowest BCUT2D eigenvalue weighted by atomic mass is 9.85. The predicted octanol–water partition coefficient (Wildman–Crippen LogP) is 4.42. The van der Waals surface area contributed by atoms with Crippen molar-refractivity contribution < 1.29 is 14.4 Å². The first-order valence-electron chi connectivity index (χ1n) is 8.13. The van der Waals surface area contributed by atoms with Crippen LogP contribution >= 0.6 is 11.6 Å². The molecule has 0 amide bonds. The van der Waals surface area contributed by atoms with Crippen molar-refractivity contribution in [2.75, 3.05) is 0 Å². The van der Waals surface area contributed by atoms with Crippen LogP contribution in [0.1, 0.15) is 54.9 Å². The topological polar surface area (TPSA) is 56.1 Å². The summed E-state index contributed by atoms with van der Waals surface area (Å²) < 4.78 is 1.63. The third-order valence-electron chi connectivity index (χ3n) is 4.71. The highest BCUT2D eigenvalue weighted by atomic mass is 35.5. The predicted molar refractivity (Wildman–Crippen MR) is 98.8 cm³/mol. The summed E-state index contributed by atoms with van der Waals surface area (Å²) in [5.41, 5.74) is 2.40. The van der Waals surface area contributed by atoms with E-state index < -0.39 is 0 Å². The standard InChI is InChI=1S/C21H14ClNO3/c1-11-17(12(2)24)18-19(23(11)16-10-6-5-9-15(16)22)21(26)14-8-4-3-7-13(14)20(18)25/h3-10H,1-2H3. The molecule has 0 spiro atoms. The molecule has 0 atom stereocenters. The molecule has 1 aliphatic carbocycles. The Morgan fingerprint density at radius 2 is 1.50 bits per heavy atom. The largest absolute Gasteiger partial charge is 0.308 e. The Morgan fingerprint density at radius 1 is 0.923 bits per heavy atom. The zero-order valence-corrected chi connectivity index (χ0v) is 14.9. The maximum atomic E-state index is 13.2. The average molecular weight is 364 g/mol. The minimum absolute atomic E-state index is 0.165. The van der Waals surface area contributed by atoms with Crippen molar-refractivity contribution in [1.82, 2.24) is 4.57 Å². The smallest absolute Gasteiger partial charge is 0.211 e. The Labute approximate surface area is 155 Å². The van der Waals surface area contributed by atoms with Crippen molar-refractivity contribution in [1.29, 1.82) is 0 Å². The van der Waals surface area contributed by atoms with Gasteiger partial charge in [0.05, 0.1) is 21.8 Å². The minimum atomic E-state index is -0.311. The molecule has 1 aliphatic rings. The lowest BCUT2D eigenvalue weighted by Crippen LogP contribution is -2.23. The van der Waals surface area contributed by atoms with Crippen LogP contribution in [-0.4, -0.2) is 21.9 Å². The third kappa shape index (κ3) is 2.12. The van der Waals surface area contributed by atoms with Gasteiger partial charge >= 0.3 is 0 Å². The summed E-state index contributed by atoms with van der Waals surface area (Å²) in [5, 5.41) is 0.433. The summed E-state index contributed by atoms with van der Waals surface area (Å²) in [6.07, 6.45) is 0. The summed E-state index contributed by atoms with van der Waals surface area (Å²) in [6, 6.07) is 13.7. The van der Waals surface area contributed by atoms with Crippen molar-refractivity contribution in [3.8, 4) is 5.69 Å². The van der Waals surface area contributed by atoms with Crippen LogP contribution in [0, 0.1) is 6.92 Å². The zero-order chi connectivity index (χ0) is 18.6. The number of para-hydroxylation sites is 1. The number of nitrogens with zero attached hydrogens (tertiary/aromatic N) is 1. The second kappa shape index (κ2) is 5.78. The molecule has 1 heterocycles. The fourth-order valence-electron chi connectivity index (χ4n) is 3.63. The quantitative estimate of drug-likeness (QED) is 0.495. The summed E-state index contributed by atoms with van der Waals surface area (Å²) in [4.78, 5) is 38.7. The Bertz CT molecular complexity index is 1120. The molecular formula is C21H14ClNO3. The van der Waals surface area contributed by atoms with Crippen LogP contribution in [0.3, 0.4) is 0 Å². The number of benzene rings is 2. The van der Waals surface area contributed by atoms with Gasteiger partial charge in [-0.15, -0.1) is 0 Å². The van der Waals surface area contributed by atoms with Gasteiger partial charge in [0.15, 0.2) is 11.6 Å². The van der Waals surface area contributed by atoms with E-state index in [-0.39, 0.29) is 34.2 Å². The number of hydrogen-bond acceptors (Lipinski definition) is 3. The molecule has 0 aliphatic heterocycles. The van der Waals surface area contributed by atoms with Gasteiger partial charge in [-0.3, -0.25) is 14.4 Å². The summed E-state index contributed by atoms with van der Waals surface area (Å²) >= 11 is 6.34. The highest BCUT2D eigenvalue weighted by Gasteiger charge is 2.38. The maximum absolute atomic E-state index is 13.2. The van der Waals surface area contributed by atoms with Gasteiger partial charge in [0, 0.05) is 16.8 Å². The number of carbonyl (C=O) groups excluding carboxylic acids is 3. The summed E-state index contributed by atoms with van der Waals surface area (Å²) in [5.74, 6) is -0.856. The van der Waals surface area contributed by atoms with Crippen LogP contribution in [-0.2, 0) is 0 Å². The van der Waals surface area contributed by atoms with Gasteiger partial charge in [-0.1, -0.05) is 48.0 Å². The normalized spacial score (nSPS) is 12.7. The Balaban J connectivity index is 2.15. The number of carbonyl (C=O) groups is 3. The molecule has 0 unspecified atom stereocenters. The van der Waals surface area contributed by atoms with Crippen LogP contribution in [0.5, 0.6) is 0 Å². The highest BCUT2D eigenvalue weighted by Crippen LogP contribution is 2.36. The fourth-order valence-corrected chi connectivity index (χ4v) is 3.85. The number of hydrogen-bond donors (Lipinski definition) is 0. The van der Waals surface area contributed by atoms with Gasteiger partial charge in [0.25, 0.3) is 0 Å². The molecule has 0 bridgehead atoms. The molecular weight excluding hydrogens is 350 g/mol. The maximum Gasteiger partial charge on any atom is 0.211 e. The van der Waals surface area contributed by atoms with E-state index >= 15 is 0 Å². The molecule has 128 valence electrons. The summed E-state index contributed by atoms with van der Waals surface area (Å²) in [6.45, 7) is 3.13. The number of rotatable bonds is 2. The molecule has 26 heavy (non-hydrogen) atoms. The van der Waals surface area contributed by atoms with Crippen molar-refractivity contribution in [2.45, 2.75) is 13.8 Å². The van der Waals surface area contributed by atoms with Crippen molar-refractivity contribution in [3.05, 3.63) is 87.2 Å². The number of Topliss-reactive ketones (excluding diaryl/α,β-unsaturated/α-hetero) is 1. The SMILES string of the molecule is CC(=O)c1c2c(n(-c3ccccc3Cl)c1C)C(=O)c1ccccc1C2=O. The molecule has 4 nitrogen and oxygen atoms in total. The van der Waals surface area contributed by atoms with E-state index in [4.69, 9.17) is 11.6 Å². The van der Waals surface area contributed by atoms with E-state index in [0.29, 0.717) is 27.5 Å². The van der Waals surface area contributed by atoms with Gasteiger partial charge in [0.1, 0.15) is 5.69 Å². The Morgan fingerprint density at radius 3 is 2.12 bits per heavy atom. The Kier molecular flexibility index (Phi) is 3.67. The van der Waals surface area contributed by atoms with Crippen LogP contribution in [0.4, 0.5) is 0 Å². The van der Waals surface area contributed by atoms with Crippen molar-refractivity contribution >= 4 is 29.0 Å². The molecule has 0 N–H and O–H groups in total. The lowest BCUT2D eigenvalue weighted by molar-refractivity contribution is 0.0967. The first-order chi connectivity index (χ1) is 12.4. The van der Waals surface area contributed by atoms with E-state index in [0.717, 1.165) is 0 Å². The number of halogens is 1. The van der Waals surface area contributed by atoms with Crippen LogP contribution in [0.15, 0.2) is 48.5 Å². The van der Waals surface area contributed by atoms with Gasteiger partial charge in [-0.2, -0.15) is 0 Å². The highest BCUT2D eigenvalue weighted by molar-refractivity contribution is 6.33. The summed E-state index contributed by atoms with van der Waals surface area (Å²) in [7, 11) is 0. The lowest BCUT2D eigenvalue weighted by Gasteiger charge is -2.18. The third-order valence-corrected chi connectivity index (χ3v) is 5.03. The van der Waals surface area contributed by atoms with E-state index in [9.17, 15) is 14.4 Å². The van der Waals surface area contributed by atoms with Crippen molar-refractivity contribution in [3.63, 3.8) is 0 Å². The first kappa shape index (κ1) is 16.5. The molecule has 0 saturated carbocycles. The van der Waals surface area contributed by atoms with E-state index in [1.165, 1.54) is 6.92 Å². The van der Waals surface area contributed by atoms with Crippen LogP contribution in [0.25, 0.3) is 5.69 Å². The van der Waals surface area contributed by atoms with Crippen LogP contribution < -0.4 is 0 Å². The molecule has 1 aromatic heterocycles. The second-order valence-corrected chi connectivity index (χ2v) is 6.64. The van der Waals surface area contributed by atoms with Gasteiger partial charge < -0.3 is 4.57 Å². The number of ketones is 3. The molecule has 0 saturated heterocycles. The molecule has 0 fully saturated rings. The van der Waals surface area contributed by atoms with Crippen LogP contribution in [0.2, 0.25) is 5.02 Å².